The van der Waals surface area contributed by atoms with Crippen molar-refractivity contribution in [1.29, 1.82) is 0 Å². The van der Waals surface area contributed by atoms with Crippen LogP contribution < -0.4 is 4.72 Å². The first-order chi connectivity index (χ1) is 7.08. The molecule has 0 saturated heterocycles. The zero-order chi connectivity index (χ0) is 10.9. The number of hydrogen-bond acceptors (Lipinski definition) is 6. The third-order valence-corrected chi connectivity index (χ3v) is 2.76. The molecular weight excluding hydrogens is 222 g/mol. The highest BCUT2D eigenvalue weighted by Crippen LogP contribution is 2.10. The van der Waals surface area contributed by atoms with Gasteiger partial charge >= 0.3 is 6.01 Å². The Kier molecular flexibility index (Phi) is 2.15. The number of aryl methyl sites for hydroxylation is 1. The van der Waals surface area contributed by atoms with Crippen LogP contribution in [0, 0.1) is 6.92 Å². The van der Waals surface area contributed by atoms with E-state index in [1.807, 2.05) is 0 Å². The van der Waals surface area contributed by atoms with Crippen LogP contribution in [0.25, 0.3) is 0 Å². The molecule has 2 N–H and O–H groups in total. The second kappa shape index (κ2) is 3.35. The summed E-state index contributed by atoms with van der Waals surface area (Å²) in [5.74, 6) is 0.345. The summed E-state index contributed by atoms with van der Waals surface area (Å²) in [5, 5.41) is 9.21. The molecule has 0 aliphatic rings. The second-order valence-corrected chi connectivity index (χ2v) is 4.32. The zero-order valence-corrected chi connectivity index (χ0v) is 8.45. The van der Waals surface area contributed by atoms with Crippen LogP contribution in [0.3, 0.4) is 0 Å². The summed E-state index contributed by atoms with van der Waals surface area (Å²) in [6.07, 6.45) is 1.33. The molecule has 0 aliphatic carbocycles. The highest BCUT2D eigenvalue weighted by molar-refractivity contribution is 7.92. The Bertz CT molecular complexity index is 543. The first-order valence-corrected chi connectivity index (χ1v) is 5.39. The summed E-state index contributed by atoms with van der Waals surface area (Å²) in [6.45, 7) is 1.58. The summed E-state index contributed by atoms with van der Waals surface area (Å²) in [4.78, 5) is 3.70. The number of H-pyrrole nitrogens is 1. The maximum atomic E-state index is 11.6. The van der Waals surface area contributed by atoms with E-state index in [0.717, 1.165) is 0 Å². The largest absolute Gasteiger partial charge is 0.335 e. The number of rotatable bonds is 3. The lowest BCUT2D eigenvalue weighted by atomic mass is 10.8. The number of nitrogens with one attached hydrogen (secondary N) is 2. The fraction of sp³-hybridized carbons (Fsp3) is 0.167. The fourth-order valence-corrected chi connectivity index (χ4v) is 1.74. The summed E-state index contributed by atoms with van der Waals surface area (Å²) in [5.41, 5.74) is 0. The Balaban J connectivity index is 2.26. The molecule has 0 aliphatic heterocycles. The van der Waals surface area contributed by atoms with Gasteiger partial charge in [0.1, 0.15) is 0 Å². The minimum atomic E-state index is -3.72. The van der Waals surface area contributed by atoms with E-state index in [-0.39, 0.29) is 11.0 Å². The van der Waals surface area contributed by atoms with Gasteiger partial charge in [-0.3, -0.25) is 5.10 Å². The van der Waals surface area contributed by atoms with Gasteiger partial charge in [0.2, 0.25) is 0 Å². The second-order valence-electron chi connectivity index (χ2n) is 2.67. The lowest BCUT2D eigenvalue weighted by Gasteiger charge is -1.98. The summed E-state index contributed by atoms with van der Waals surface area (Å²) >= 11 is 0. The van der Waals surface area contributed by atoms with Crippen LogP contribution in [0.15, 0.2) is 21.8 Å². The summed E-state index contributed by atoms with van der Waals surface area (Å²) in [7, 11) is -3.72. The van der Waals surface area contributed by atoms with E-state index in [0.29, 0.717) is 5.82 Å². The van der Waals surface area contributed by atoms with E-state index >= 15 is 0 Å². The van der Waals surface area contributed by atoms with Crippen molar-refractivity contribution < 1.29 is 12.9 Å². The number of sulfonamides is 1. The van der Waals surface area contributed by atoms with Gasteiger partial charge in [-0.15, -0.1) is 0 Å². The topological polar surface area (TPSA) is 114 Å². The minimum absolute atomic E-state index is 0.0710. The number of aromatic amines is 1. The van der Waals surface area contributed by atoms with Gasteiger partial charge in [-0.1, -0.05) is 5.16 Å². The van der Waals surface area contributed by atoms with E-state index in [2.05, 4.69) is 29.6 Å². The molecule has 15 heavy (non-hydrogen) atoms. The molecule has 9 heteroatoms. The van der Waals surface area contributed by atoms with Crippen molar-refractivity contribution in [2.75, 3.05) is 4.72 Å². The average molecular weight is 229 g/mol. The Morgan fingerprint density at radius 1 is 1.53 bits per heavy atom. The van der Waals surface area contributed by atoms with Gasteiger partial charge in [0, 0.05) is 0 Å². The molecule has 2 rings (SSSR count). The molecule has 0 saturated carbocycles. The Labute approximate surface area is 84.7 Å². The molecular formula is C6H7N5O3S. The molecule has 0 aromatic carbocycles. The first kappa shape index (κ1) is 9.65. The predicted octanol–water partition coefficient (Wildman–Crippen LogP) is -0.0981. The molecule has 0 bridgehead atoms. The average Bonchev–Trinajstić information content (AvgIpc) is 2.75. The van der Waals surface area contributed by atoms with Gasteiger partial charge in [-0.2, -0.15) is 18.5 Å². The predicted molar refractivity (Wildman–Crippen MR) is 48.4 cm³/mol. The van der Waals surface area contributed by atoms with Gasteiger partial charge in [0.05, 0.1) is 6.20 Å². The molecule has 2 aromatic rings. The Morgan fingerprint density at radius 2 is 2.33 bits per heavy atom. The van der Waals surface area contributed by atoms with E-state index in [1.54, 1.807) is 6.92 Å². The van der Waals surface area contributed by atoms with E-state index in [4.69, 9.17) is 0 Å². The summed E-state index contributed by atoms with van der Waals surface area (Å²) in [6, 6.07) is 1.13. The molecule has 8 nitrogen and oxygen atoms in total. The monoisotopic (exact) mass is 229 g/mol. The number of hydrogen-bond donors (Lipinski definition) is 2. The van der Waals surface area contributed by atoms with E-state index in [9.17, 15) is 8.42 Å². The van der Waals surface area contributed by atoms with Crippen LogP contribution in [0.5, 0.6) is 0 Å². The molecule has 2 heterocycles. The Morgan fingerprint density at radius 3 is 2.87 bits per heavy atom. The van der Waals surface area contributed by atoms with Gasteiger partial charge in [0.15, 0.2) is 10.9 Å². The quantitative estimate of drug-likeness (QED) is 0.759. The van der Waals surface area contributed by atoms with Crippen molar-refractivity contribution in [2.45, 2.75) is 11.9 Å². The highest BCUT2D eigenvalue weighted by Gasteiger charge is 2.18. The smallest absolute Gasteiger partial charge is 0.314 e. The van der Waals surface area contributed by atoms with Gasteiger partial charge < -0.3 is 4.52 Å². The van der Waals surface area contributed by atoms with Gasteiger partial charge in [0.25, 0.3) is 10.0 Å². The van der Waals surface area contributed by atoms with Crippen LogP contribution in [-0.2, 0) is 10.0 Å². The summed E-state index contributed by atoms with van der Waals surface area (Å²) < 4.78 is 29.8. The van der Waals surface area contributed by atoms with Crippen LogP contribution in [-0.4, -0.2) is 28.8 Å². The normalized spacial score (nSPS) is 11.5. The Hall–Kier alpha value is -1.90. The van der Waals surface area contributed by atoms with Crippen molar-refractivity contribution in [1.82, 2.24) is 20.3 Å². The van der Waals surface area contributed by atoms with Crippen LogP contribution in [0.2, 0.25) is 0 Å². The van der Waals surface area contributed by atoms with Crippen molar-refractivity contribution in [3.05, 3.63) is 18.1 Å². The minimum Gasteiger partial charge on any atom is -0.314 e. The lowest BCUT2D eigenvalue weighted by Crippen LogP contribution is -2.13. The molecule has 2 aromatic heterocycles. The molecule has 0 unspecified atom stereocenters. The molecule has 0 amide bonds. The number of anilines is 1. The molecule has 0 radical (unpaired) electrons. The van der Waals surface area contributed by atoms with E-state index < -0.39 is 10.0 Å². The molecule has 0 atom stereocenters. The third kappa shape index (κ3) is 1.96. The third-order valence-electron chi connectivity index (χ3n) is 1.51. The van der Waals surface area contributed by atoms with Crippen LogP contribution in [0.1, 0.15) is 5.82 Å². The van der Waals surface area contributed by atoms with Gasteiger partial charge in [-0.05, 0) is 13.0 Å². The zero-order valence-electron chi connectivity index (χ0n) is 7.63. The first-order valence-electron chi connectivity index (χ1n) is 3.90. The molecule has 80 valence electrons. The van der Waals surface area contributed by atoms with E-state index in [1.165, 1.54) is 12.3 Å². The molecule has 0 fully saturated rings. The fourth-order valence-electron chi connectivity index (χ4n) is 0.901. The standard InChI is InChI=1S/C6H7N5O3S/c1-4-8-6(14-10-4)11-15(12,13)5-2-3-7-9-5/h2-3H,1H3,(H,7,9)(H,8,10,11). The lowest BCUT2D eigenvalue weighted by molar-refractivity contribution is 0.429. The molecule has 0 spiro atoms. The number of nitrogens with zero attached hydrogens (tertiary/aromatic N) is 3. The highest BCUT2D eigenvalue weighted by atomic mass is 32.2. The van der Waals surface area contributed by atoms with Crippen molar-refractivity contribution in [3.8, 4) is 0 Å². The van der Waals surface area contributed by atoms with Crippen LogP contribution in [0.4, 0.5) is 6.01 Å². The number of aromatic nitrogens is 4. The SMILES string of the molecule is Cc1noc(NS(=O)(=O)c2ccn[nH]2)n1. The maximum absolute atomic E-state index is 11.6. The van der Waals surface area contributed by atoms with Crippen molar-refractivity contribution >= 4 is 16.0 Å². The maximum Gasteiger partial charge on any atom is 0.335 e. The van der Waals surface area contributed by atoms with Crippen molar-refractivity contribution in [3.63, 3.8) is 0 Å². The van der Waals surface area contributed by atoms with Crippen molar-refractivity contribution in [2.24, 2.45) is 0 Å². The van der Waals surface area contributed by atoms with Gasteiger partial charge in [-0.25, -0.2) is 4.72 Å². The van der Waals surface area contributed by atoms with Crippen LogP contribution >= 0.6 is 0 Å².